The molecule has 0 spiro atoms. The molecule has 4 rings (SSSR count). The summed E-state index contributed by atoms with van der Waals surface area (Å²) in [7, 11) is 0. The molecule has 2 saturated heterocycles. The maximum atomic E-state index is 12.4. The number of aromatic nitrogens is 2. The van der Waals surface area contributed by atoms with Crippen LogP contribution in [0.4, 0.5) is 4.79 Å². The number of nitrogens with zero attached hydrogens (tertiary/aromatic N) is 3. The number of pyridine rings is 2. The predicted molar refractivity (Wildman–Crippen MR) is 143 cm³/mol. The average Bonchev–Trinajstić information content (AvgIpc) is 3.43. The molecule has 3 atom stereocenters. The van der Waals surface area contributed by atoms with E-state index in [4.69, 9.17) is 0 Å². The maximum absolute atomic E-state index is 12.4. The van der Waals surface area contributed by atoms with Gasteiger partial charge in [0.1, 0.15) is 0 Å². The Hall–Kier alpha value is -2.21. The van der Waals surface area contributed by atoms with Gasteiger partial charge in [-0.05, 0) is 37.1 Å². The Kier molecular flexibility index (Phi) is 16.1. The predicted octanol–water partition coefficient (Wildman–Crippen LogP) is 2.05. The van der Waals surface area contributed by atoms with Crippen LogP contribution in [0.1, 0.15) is 37.1 Å². The molecule has 3 amide bonds. The van der Waals surface area contributed by atoms with Gasteiger partial charge in [-0.25, -0.2) is 4.79 Å². The number of hydrogen-bond donors (Lipinski definition) is 5. The van der Waals surface area contributed by atoms with E-state index in [0.717, 1.165) is 68.9 Å². The monoisotopic (exact) mass is 593 g/mol. The van der Waals surface area contributed by atoms with Crippen LogP contribution in [-0.2, 0) is 34.7 Å². The van der Waals surface area contributed by atoms with E-state index in [1.54, 1.807) is 0 Å². The Morgan fingerprint density at radius 3 is 2.24 bits per heavy atom. The second-order valence-electron chi connectivity index (χ2n) is 9.20. The Labute approximate surface area is 239 Å². The molecule has 0 bridgehead atoms. The second kappa shape index (κ2) is 18.1. The van der Waals surface area contributed by atoms with Crippen LogP contribution in [0.15, 0.2) is 48.8 Å². The quantitative estimate of drug-likeness (QED) is 0.128. The zero-order chi connectivity index (χ0) is 24.3. The van der Waals surface area contributed by atoms with Crippen molar-refractivity contribution in [3.63, 3.8) is 0 Å². The first-order valence-electron chi connectivity index (χ1n) is 12.6. The molecule has 5 N–H and O–H groups in total. The van der Waals surface area contributed by atoms with Crippen LogP contribution >= 0.6 is 11.8 Å². The third-order valence-electron chi connectivity index (χ3n) is 6.65. The molecule has 213 valence electrons. The standard InChI is InChI=1S/C26H36N6O2S.Cu.2HO/c33-24(10-2-1-9-23-25-22(19-35-23)30-26(34)31-25)29-15-18-32(16-11-20-7-3-5-13-27-20)17-12-21-8-4-6-14-28-21;;;/h3-8,13-14,22-23,25H,1-2,9-12,15-19H2,(H,29,33)(H2,30,31,34);;2*1H/t22-,23-,25-;;;/m0.../s1. The van der Waals surface area contributed by atoms with Crippen molar-refractivity contribution in [3.8, 4) is 0 Å². The van der Waals surface area contributed by atoms with Gasteiger partial charge in [-0.3, -0.25) is 25.7 Å². The minimum atomic E-state index is -0.0428. The fourth-order valence-electron chi connectivity index (χ4n) is 4.69. The number of fused-ring (bicyclic) bond motifs is 1. The number of thioether (sulfide) groups is 1. The number of amides is 3. The summed E-state index contributed by atoms with van der Waals surface area (Å²) in [5, 5.41) is 9.56. The van der Waals surface area contributed by atoms with Crippen LogP contribution in [0, 0.1) is 0 Å². The normalized spacial score (nSPS) is 19.3. The number of nitrogens with one attached hydrogen (secondary N) is 3. The molecule has 2 fully saturated rings. The van der Waals surface area contributed by atoms with E-state index in [1.807, 2.05) is 48.4 Å². The molecule has 38 heavy (non-hydrogen) atoms. The van der Waals surface area contributed by atoms with Crippen LogP contribution in [0.5, 0.6) is 0 Å². The topological polar surface area (TPSA) is 159 Å². The Bertz CT molecular complexity index is 902. The van der Waals surface area contributed by atoms with Crippen molar-refractivity contribution < 1.29 is 37.6 Å². The van der Waals surface area contributed by atoms with Crippen LogP contribution in [0.3, 0.4) is 0 Å². The van der Waals surface area contributed by atoms with E-state index in [9.17, 15) is 9.59 Å². The molecule has 2 aliphatic rings. The number of unbranched alkanes of at least 4 members (excludes halogenated alkanes) is 1. The molecule has 0 saturated carbocycles. The maximum Gasteiger partial charge on any atom is 0.315 e. The minimum absolute atomic E-state index is 0. The first-order valence-corrected chi connectivity index (χ1v) is 13.7. The van der Waals surface area contributed by atoms with E-state index in [1.165, 1.54) is 0 Å². The van der Waals surface area contributed by atoms with Gasteiger partial charge < -0.3 is 20.9 Å². The van der Waals surface area contributed by atoms with Crippen molar-refractivity contribution in [3.05, 3.63) is 60.2 Å². The van der Waals surface area contributed by atoms with Crippen LogP contribution in [-0.4, -0.2) is 87.0 Å². The van der Waals surface area contributed by atoms with Crippen molar-refractivity contribution in [2.45, 2.75) is 55.9 Å². The van der Waals surface area contributed by atoms with Gasteiger partial charge in [-0.1, -0.05) is 18.6 Å². The second-order valence-corrected chi connectivity index (χ2v) is 10.5. The molecular weight excluding hydrogens is 556 g/mol. The summed E-state index contributed by atoms with van der Waals surface area (Å²) in [5.74, 6) is 1.10. The van der Waals surface area contributed by atoms with Crippen molar-refractivity contribution in [2.24, 2.45) is 0 Å². The summed E-state index contributed by atoms with van der Waals surface area (Å²) in [6.45, 7) is 3.24. The average molecular weight is 594 g/mol. The molecule has 2 aromatic heterocycles. The number of hydrogen-bond acceptors (Lipinski definition) is 6. The number of rotatable bonds is 14. The van der Waals surface area contributed by atoms with Crippen molar-refractivity contribution in [2.75, 3.05) is 31.9 Å². The Morgan fingerprint density at radius 1 is 0.974 bits per heavy atom. The molecule has 2 aromatic rings. The first kappa shape index (κ1) is 33.8. The van der Waals surface area contributed by atoms with Crippen molar-refractivity contribution >= 4 is 23.7 Å². The third-order valence-corrected chi connectivity index (χ3v) is 8.16. The summed E-state index contributed by atoms with van der Waals surface area (Å²) in [5.41, 5.74) is 2.16. The summed E-state index contributed by atoms with van der Waals surface area (Å²) in [6, 6.07) is 12.5. The van der Waals surface area contributed by atoms with E-state index in [0.29, 0.717) is 18.2 Å². The Morgan fingerprint density at radius 2 is 1.63 bits per heavy atom. The largest absolute Gasteiger partial charge is 0.355 e. The molecule has 3 radical (unpaired) electrons. The van der Waals surface area contributed by atoms with Crippen LogP contribution < -0.4 is 16.0 Å². The fraction of sp³-hybridized carbons (Fsp3) is 0.538. The smallest absolute Gasteiger partial charge is 0.315 e. The van der Waals surface area contributed by atoms with E-state index in [2.05, 4.69) is 43.0 Å². The summed E-state index contributed by atoms with van der Waals surface area (Å²) in [4.78, 5) is 35.1. The molecule has 12 heteroatoms. The number of urea groups is 1. The number of carbonyl (C=O) groups is 2. The van der Waals surface area contributed by atoms with Crippen LogP contribution in [0.2, 0.25) is 0 Å². The van der Waals surface area contributed by atoms with Gasteiger partial charge in [-0.2, -0.15) is 11.8 Å². The van der Waals surface area contributed by atoms with E-state index >= 15 is 0 Å². The fourth-order valence-corrected chi connectivity index (χ4v) is 6.23. The van der Waals surface area contributed by atoms with Gasteiger partial charge in [-0.15, -0.1) is 0 Å². The third kappa shape index (κ3) is 10.9. The molecule has 0 aromatic carbocycles. The molecule has 0 aliphatic carbocycles. The zero-order valence-corrected chi connectivity index (χ0v) is 23.1. The van der Waals surface area contributed by atoms with Crippen molar-refractivity contribution in [1.29, 1.82) is 0 Å². The van der Waals surface area contributed by atoms with Gasteiger partial charge >= 0.3 is 6.03 Å². The van der Waals surface area contributed by atoms with Gasteiger partial charge in [0.25, 0.3) is 0 Å². The molecule has 0 unspecified atom stereocenters. The zero-order valence-electron chi connectivity index (χ0n) is 21.4. The Balaban J connectivity index is 0.00000241. The minimum Gasteiger partial charge on any atom is -0.355 e. The molecule has 10 nitrogen and oxygen atoms in total. The van der Waals surface area contributed by atoms with Crippen molar-refractivity contribution in [1.82, 2.24) is 30.8 Å². The number of carbonyl (C=O) groups excluding carboxylic acids is 2. The summed E-state index contributed by atoms with van der Waals surface area (Å²) < 4.78 is 0. The van der Waals surface area contributed by atoms with E-state index < -0.39 is 0 Å². The van der Waals surface area contributed by atoms with Crippen LogP contribution in [0.25, 0.3) is 0 Å². The summed E-state index contributed by atoms with van der Waals surface area (Å²) >= 11 is 1.93. The van der Waals surface area contributed by atoms with Gasteiger partial charge in [0.15, 0.2) is 0 Å². The van der Waals surface area contributed by atoms with Gasteiger partial charge in [0.2, 0.25) is 5.91 Å². The van der Waals surface area contributed by atoms with Gasteiger partial charge in [0, 0.05) is 97.3 Å². The first-order chi connectivity index (χ1) is 17.2. The molecule has 2 aliphatic heterocycles. The summed E-state index contributed by atoms with van der Waals surface area (Å²) in [6.07, 6.45) is 8.90. The molecular formula is C26H38CuN6O4S. The van der Waals surface area contributed by atoms with E-state index in [-0.39, 0.29) is 52.0 Å². The van der Waals surface area contributed by atoms with Gasteiger partial charge in [0.05, 0.1) is 12.1 Å². The SMILES string of the molecule is O=C(CCCC[C@@H]1SC[C@@H]2NC(=O)N[C@@H]21)NCCN(CCc1ccccn1)CCc1ccccn1.[Cu].[OH].[OH]. The molecule has 4 heterocycles.